The lowest BCUT2D eigenvalue weighted by atomic mass is 10.1. The molecule has 0 bridgehead atoms. The molecule has 0 fully saturated rings. The molecule has 2 N–H and O–H groups in total. The third-order valence-electron chi connectivity index (χ3n) is 2.92. The smallest absolute Gasteiger partial charge is 0.238 e. The predicted molar refractivity (Wildman–Crippen MR) is 78.9 cm³/mol. The Balaban J connectivity index is 2.56. The van der Waals surface area contributed by atoms with Gasteiger partial charge in [-0.3, -0.25) is 14.5 Å². The second kappa shape index (κ2) is 7.77. The van der Waals surface area contributed by atoms with Crippen molar-refractivity contribution in [3.63, 3.8) is 0 Å². The van der Waals surface area contributed by atoms with Crippen LogP contribution in [0.15, 0.2) is 24.3 Å². The number of carbonyl (C=O) groups excluding carboxylic acids is 2. The van der Waals surface area contributed by atoms with Gasteiger partial charge in [-0.05, 0) is 39.4 Å². The first-order chi connectivity index (χ1) is 9.40. The molecule has 0 saturated heterocycles. The van der Waals surface area contributed by atoms with Gasteiger partial charge in [-0.2, -0.15) is 0 Å². The standard InChI is InChI=1S/C15H22N2O3/c1-11(18)8-9-17(3)10-15(20)16-14-7-5-4-6-13(14)12(2)19/h4-7,11,18H,8-10H2,1-3H3,(H,16,20). The fourth-order valence-corrected chi connectivity index (χ4v) is 1.82. The van der Waals surface area contributed by atoms with Crippen LogP contribution in [0.25, 0.3) is 0 Å². The zero-order chi connectivity index (χ0) is 15.1. The van der Waals surface area contributed by atoms with Gasteiger partial charge in [-0.25, -0.2) is 0 Å². The minimum atomic E-state index is -0.376. The number of aliphatic hydroxyl groups is 1. The number of nitrogens with zero attached hydrogens (tertiary/aromatic N) is 1. The summed E-state index contributed by atoms with van der Waals surface area (Å²) in [6.07, 6.45) is 0.243. The van der Waals surface area contributed by atoms with Gasteiger partial charge in [0.15, 0.2) is 5.78 Å². The molecule has 5 nitrogen and oxygen atoms in total. The van der Waals surface area contributed by atoms with Gasteiger partial charge in [-0.15, -0.1) is 0 Å². The number of carbonyl (C=O) groups is 2. The van der Waals surface area contributed by atoms with E-state index in [0.29, 0.717) is 24.2 Å². The van der Waals surface area contributed by atoms with Crippen molar-refractivity contribution >= 4 is 17.4 Å². The van der Waals surface area contributed by atoms with E-state index in [-0.39, 0.29) is 24.3 Å². The lowest BCUT2D eigenvalue weighted by Gasteiger charge is -2.17. The fraction of sp³-hybridized carbons (Fsp3) is 0.467. The topological polar surface area (TPSA) is 69.6 Å². The molecular weight excluding hydrogens is 256 g/mol. The van der Waals surface area contributed by atoms with Crippen LogP contribution in [0.5, 0.6) is 0 Å². The minimum absolute atomic E-state index is 0.0802. The van der Waals surface area contributed by atoms with E-state index in [0.717, 1.165) is 0 Å². The lowest BCUT2D eigenvalue weighted by Crippen LogP contribution is -2.32. The van der Waals surface area contributed by atoms with Crippen molar-refractivity contribution in [2.24, 2.45) is 0 Å². The molecule has 0 saturated carbocycles. The van der Waals surface area contributed by atoms with E-state index in [4.69, 9.17) is 0 Å². The molecule has 1 aromatic rings. The van der Waals surface area contributed by atoms with Gasteiger partial charge in [0.05, 0.1) is 18.3 Å². The first-order valence-corrected chi connectivity index (χ1v) is 6.66. The summed E-state index contributed by atoms with van der Waals surface area (Å²) in [6.45, 7) is 4.05. The van der Waals surface area contributed by atoms with Crippen LogP contribution in [0, 0.1) is 0 Å². The Morgan fingerprint density at radius 1 is 1.35 bits per heavy atom. The molecule has 0 heterocycles. The quantitative estimate of drug-likeness (QED) is 0.742. The maximum atomic E-state index is 11.9. The zero-order valence-corrected chi connectivity index (χ0v) is 12.2. The van der Waals surface area contributed by atoms with Gasteiger partial charge in [0, 0.05) is 12.1 Å². The molecule has 0 aliphatic heterocycles. The summed E-state index contributed by atoms with van der Waals surface area (Å²) in [5, 5.41) is 11.9. The van der Waals surface area contributed by atoms with E-state index in [1.54, 1.807) is 31.2 Å². The van der Waals surface area contributed by atoms with Crippen LogP contribution in [-0.4, -0.2) is 47.9 Å². The first-order valence-electron chi connectivity index (χ1n) is 6.66. The predicted octanol–water partition coefficient (Wildman–Crippen LogP) is 1.53. The molecule has 1 atom stereocenters. The van der Waals surface area contributed by atoms with E-state index in [1.807, 2.05) is 11.9 Å². The molecule has 0 aromatic heterocycles. The normalized spacial score (nSPS) is 12.2. The minimum Gasteiger partial charge on any atom is -0.393 e. The Kier molecular flexibility index (Phi) is 6.35. The molecule has 0 spiro atoms. The Morgan fingerprint density at radius 2 is 2.00 bits per heavy atom. The summed E-state index contributed by atoms with van der Waals surface area (Å²) in [7, 11) is 1.82. The Hall–Kier alpha value is -1.72. The van der Waals surface area contributed by atoms with Gasteiger partial charge < -0.3 is 10.4 Å². The summed E-state index contributed by atoms with van der Waals surface area (Å²) < 4.78 is 0. The average molecular weight is 278 g/mol. The number of ketones is 1. The molecule has 1 rings (SSSR count). The highest BCUT2D eigenvalue weighted by Crippen LogP contribution is 2.15. The maximum Gasteiger partial charge on any atom is 0.238 e. The van der Waals surface area contributed by atoms with Crippen LogP contribution in [0.2, 0.25) is 0 Å². The number of para-hydroxylation sites is 1. The first kappa shape index (κ1) is 16.3. The van der Waals surface area contributed by atoms with Crippen molar-refractivity contribution in [1.82, 2.24) is 4.90 Å². The van der Waals surface area contributed by atoms with Crippen molar-refractivity contribution in [2.75, 3.05) is 25.5 Å². The van der Waals surface area contributed by atoms with E-state index in [2.05, 4.69) is 5.32 Å². The number of nitrogens with one attached hydrogen (secondary N) is 1. The number of hydrogen-bond donors (Lipinski definition) is 2. The van der Waals surface area contributed by atoms with Crippen molar-refractivity contribution in [1.29, 1.82) is 0 Å². The van der Waals surface area contributed by atoms with E-state index in [9.17, 15) is 14.7 Å². The van der Waals surface area contributed by atoms with Crippen LogP contribution >= 0.6 is 0 Å². The summed E-state index contributed by atoms with van der Waals surface area (Å²) in [4.78, 5) is 25.2. The Morgan fingerprint density at radius 3 is 2.60 bits per heavy atom. The van der Waals surface area contributed by atoms with Crippen LogP contribution in [0.4, 0.5) is 5.69 Å². The summed E-state index contributed by atoms with van der Waals surface area (Å²) >= 11 is 0. The highest BCUT2D eigenvalue weighted by Gasteiger charge is 2.11. The van der Waals surface area contributed by atoms with Crippen LogP contribution in [0.3, 0.4) is 0 Å². The number of aliphatic hydroxyl groups excluding tert-OH is 1. The van der Waals surface area contributed by atoms with Crippen molar-refractivity contribution in [2.45, 2.75) is 26.4 Å². The van der Waals surface area contributed by atoms with Gasteiger partial charge in [0.25, 0.3) is 0 Å². The molecule has 0 aliphatic carbocycles. The fourth-order valence-electron chi connectivity index (χ4n) is 1.82. The summed E-state index contributed by atoms with van der Waals surface area (Å²) in [5.41, 5.74) is 1.04. The molecule has 110 valence electrons. The number of rotatable bonds is 7. The SMILES string of the molecule is CC(=O)c1ccccc1NC(=O)CN(C)CCC(C)O. The van der Waals surface area contributed by atoms with Gasteiger partial charge >= 0.3 is 0 Å². The summed E-state index contributed by atoms with van der Waals surface area (Å²) in [6, 6.07) is 6.94. The second-order valence-corrected chi connectivity index (χ2v) is 5.03. The number of anilines is 1. The van der Waals surface area contributed by atoms with E-state index in [1.165, 1.54) is 6.92 Å². The maximum absolute atomic E-state index is 11.9. The van der Waals surface area contributed by atoms with Gasteiger partial charge in [-0.1, -0.05) is 12.1 Å². The number of likely N-dealkylation sites (N-methyl/N-ethyl adjacent to an activating group) is 1. The van der Waals surface area contributed by atoms with Crippen LogP contribution < -0.4 is 5.32 Å². The molecular formula is C15H22N2O3. The largest absolute Gasteiger partial charge is 0.393 e. The number of benzene rings is 1. The molecule has 0 aliphatic rings. The van der Waals surface area contributed by atoms with Gasteiger partial charge in [0.1, 0.15) is 0 Å². The van der Waals surface area contributed by atoms with Crippen LogP contribution in [0.1, 0.15) is 30.6 Å². The Labute approximate surface area is 119 Å². The molecule has 20 heavy (non-hydrogen) atoms. The summed E-state index contributed by atoms with van der Waals surface area (Å²) in [5.74, 6) is -0.254. The number of Topliss-reactive ketones (excluding diaryl/α,β-unsaturated/α-hetero) is 1. The molecule has 0 radical (unpaired) electrons. The Bertz CT molecular complexity index is 472. The van der Waals surface area contributed by atoms with Crippen LogP contribution in [-0.2, 0) is 4.79 Å². The molecule has 5 heteroatoms. The number of amides is 1. The average Bonchev–Trinajstić information content (AvgIpc) is 2.36. The third kappa shape index (κ3) is 5.50. The lowest BCUT2D eigenvalue weighted by molar-refractivity contribution is -0.117. The number of hydrogen-bond acceptors (Lipinski definition) is 4. The third-order valence-corrected chi connectivity index (χ3v) is 2.92. The monoisotopic (exact) mass is 278 g/mol. The highest BCUT2D eigenvalue weighted by molar-refractivity contribution is 6.04. The van der Waals surface area contributed by atoms with E-state index >= 15 is 0 Å². The van der Waals surface area contributed by atoms with Crippen molar-refractivity contribution in [3.8, 4) is 0 Å². The zero-order valence-electron chi connectivity index (χ0n) is 12.2. The van der Waals surface area contributed by atoms with Crippen molar-refractivity contribution in [3.05, 3.63) is 29.8 Å². The highest BCUT2D eigenvalue weighted by atomic mass is 16.3. The molecule has 1 unspecified atom stereocenters. The molecule has 1 aromatic carbocycles. The second-order valence-electron chi connectivity index (χ2n) is 5.03. The van der Waals surface area contributed by atoms with Gasteiger partial charge in [0.2, 0.25) is 5.91 Å². The van der Waals surface area contributed by atoms with E-state index < -0.39 is 0 Å². The molecule has 1 amide bonds. The van der Waals surface area contributed by atoms with Crippen molar-refractivity contribution < 1.29 is 14.7 Å².